The van der Waals surface area contributed by atoms with E-state index >= 15 is 0 Å². The van der Waals surface area contributed by atoms with E-state index in [0.717, 1.165) is 11.1 Å². The number of hydrogen-bond donors (Lipinski definition) is 1. The van der Waals surface area contributed by atoms with Crippen molar-refractivity contribution in [1.29, 1.82) is 0 Å². The molecule has 5 heteroatoms. The Hall–Kier alpha value is -2.69. The maximum absolute atomic E-state index is 5.69. The summed E-state index contributed by atoms with van der Waals surface area (Å²) in [4.78, 5) is 8.38. The molecule has 1 aromatic carbocycles. The van der Waals surface area contributed by atoms with Gasteiger partial charge in [-0.15, -0.1) is 0 Å². The molecule has 0 saturated carbocycles. The number of benzene rings is 1. The first-order valence-corrected chi connectivity index (χ1v) is 6.30. The summed E-state index contributed by atoms with van der Waals surface area (Å²) in [5.74, 6) is 1.08. The third kappa shape index (κ3) is 2.66. The lowest BCUT2D eigenvalue weighted by atomic mass is 10.1. The van der Waals surface area contributed by atoms with Crippen molar-refractivity contribution in [3.05, 3.63) is 59.7 Å². The molecule has 2 N–H and O–H groups in total. The minimum atomic E-state index is 0.437. The first-order valence-electron chi connectivity index (χ1n) is 6.30. The van der Waals surface area contributed by atoms with Crippen molar-refractivity contribution < 1.29 is 4.52 Å². The third-order valence-corrected chi connectivity index (χ3v) is 2.96. The number of aryl methyl sites for hydroxylation is 1. The van der Waals surface area contributed by atoms with Gasteiger partial charge in [-0.2, -0.15) is 4.98 Å². The van der Waals surface area contributed by atoms with Crippen molar-refractivity contribution in [1.82, 2.24) is 15.1 Å². The van der Waals surface area contributed by atoms with Crippen LogP contribution in [-0.2, 0) is 6.42 Å². The Morgan fingerprint density at radius 3 is 2.70 bits per heavy atom. The molecule has 0 spiro atoms. The van der Waals surface area contributed by atoms with Crippen molar-refractivity contribution in [3.8, 4) is 11.5 Å². The molecule has 0 radical (unpaired) electrons. The van der Waals surface area contributed by atoms with Crippen LogP contribution in [0.3, 0.4) is 0 Å². The standard InChI is InChI=1S/C15H14N4O/c1-10-2-4-11(5-3-10)6-14-18-15(20-19-14)12-7-13(16)9-17-8-12/h2-5,7-9H,6,16H2,1H3. The quantitative estimate of drug-likeness (QED) is 0.788. The molecule has 100 valence electrons. The average molecular weight is 266 g/mol. The zero-order chi connectivity index (χ0) is 13.9. The number of aromatic nitrogens is 3. The minimum Gasteiger partial charge on any atom is -0.397 e. The van der Waals surface area contributed by atoms with Gasteiger partial charge in [0.1, 0.15) is 0 Å². The molecule has 0 atom stereocenters. The molecule has 3 aromatic rings. The van der Waals surface area contributed by atoms with Crippen LogP contribution in [0.25, 0.3) is 11.5 Å². The maximum atomic E-state index is 5.69. The SMILES string of the molecule is Cc1ccc(Cc2noc(-c3cncc(N)c3)n2)cc1. The van der Waals surface area contributed by atoms with Gasteiger partial charge in [-0.05, 0) is 18.6 Å². The molecule has 0 amide bonds. The monoisotopic (exact) mass is 266 g/mol. The fourth-order valence-corrected chi connectivity index (χ4v) is 1.91. The van der Waals surface area contributed by atoms with Crippen molar-refractivity contribution in [2.75, 3.05) is 5.73 Å². The highest BCUT2D eigenvalue weighted by Gasteiger charge is 2.10. The van der Waals surface area contributed by atoms with E-state index < -0.39 is 0 Å². The summed E-state index contributed by atoms with van der Waals surface area (Å²) in [7, 11) is 0. The molecule has 0 saturated heterocycles. The van der Waals surface area contributed by atoms with E-state index in [1.807, 2.05) is 0 Å². The Balaban J connectivity index is 1.82. The van der Waals surface area contributed by atoms with E-state index in [2.05, 4.69) is 46.3 Å². The molecule has 0 aliphatic carbocycles. The van der Waals surface area contributed by atoms with Gasteiger partial charge in [-0.3, -0.25) is 4.98 Å². The van der Waals surface area contributed by atoms with Gasteiger partial charge in [0, 0.05) is 18.8 Å². The zero-order valence-electron chi connectivity index (χ0n) is 11.1. The molecule has 2 heterocycles. The molecule has 5 nitrogen and oxygen atoms in total. The average Bonchev–Trinajstić information content (AvgIpc) is 2.90. The summed E-state index contributed by atoms with van der Waals surface area (Å²) >= 11 is 0. The summed E-state index contributed by atoms with van der Waals surface area (Å²) in [5, 5.41) is 3.99. The van der Waals surface area contributed by atoms with Gasteiger partial charge in [0.15, 0.2) is 5.82 Å². The second-order valence-electron chi connectivity index (χ2n) is 4.69. The highest BCUT2D eigenvalue weighted by molar-refractivity contribution is 5.57. The predicted octanol–water partition coefficient (Wildman–Crippen LogP) is 2.61. The fraction of sp³-hybridized carbons (Fsp3) is 0.133. The topological polar surface area (TPSA) is 77.8 Å². The lowest BCUT2D eigenvalue weighted by Gasteiger charge is -1.97. The van der Waals surface area contributed by atoms with Gasteiger partial charge < -0.3 is 10.3 Å². The van der Waals surface area contributed by atoms with Gasteiger partial charge in [0.25, 0.3) is 5.89 Å². The predicted molar refractivity (Wildman–Crippen MR) is 75.9 cm³/mol. The number of hydrogen-bond acceptors (Lipinski definition) is 5. The van der Waals surface area contributed by atoms with Crippen LogP contribution in [0.4, 0.5) is 5.69 Å². The van der Waals surface area contributed by atoms with E-state index in [1.165, 1.54) is 5.56 Å². The molecular formula is C15H14N4O. The molecule has 20 heavy (non-hydrogen) atoms. The maximum Gasteiger partial charge on any atom is 0.259 e. The van der Waals surface area contributed by atoms with E-state index in [9.17, 15) is 0 Å². The molecule has 0 aliphatic rings. The largest absolute Gasteiger partial charge is 0.397 e. The van der Waals surface area contributed by atoms with Gasteiger partial charge in [0.05, 0.1) is 11.3 Å². The first-order chi connectivity index (χ1) is 9.70. The zero-order valence-corrected chi connectivity index (χ0v) is 11.1. The van der Waals surface area contributed by atoms with Crippen molar-refractivity contribution in [2.24, 2.45) is 0 Å². The molecular weight excluding hydrogens is 252 g/mol. The minimum absolute atomic E-state index is 0.437. The van der Waals surface area contributed by atoms with Crippen LogP contribution >= 0.6 is 0 Å². The summed E-state index contributed by atoms with van der Waals surface area (Å²) in [6.45, 7) is 2.06. The molecule has 3 rings (SSSR count). The van der Waals surface area contributed by atoms with Crippen LogP contribution in [0.5, 0.6) is 0 Å². The van der Waals surface area contributed by atoms with Crippen LogP contribution in [0.1, 0.15) is 17.0 Å². The number of anilines is 1. The normalized spacial score (nSPS) is 10.7. The van der Waals surface area contributed by atoms with Crippen LogP contribution in [0.15, 0.2) is 47.2 Å². The number of nitrogen functional groups attached to an aromatic ring is 1. The first kappa shape index (κ1) is 12.3. The number of nitrogens with two attached hydrogens (primary N) is 1. The summed E-state index contributed by atoms with van der Waals surface area (Å²) in [6, 6.07) is 10.0. The highest BCUT2D eigenvalue weighted by atomic mass is 16.5. The van der Waals surface area contributed by atoms with Gasteiger partial charge >= 0.3 is 0 Å². The Bertz CT molecular complexity index is 719. The van der Waals surface area contributed by atoms with Crippen LogP contribution in [-0.4, -0.2) is 15.1 Å². The molecule has 2 aromatic heterocycles. The van der Waals surface area contributed by atoms with Gasteiger partial charge in [-0.25, -0.2) is 0 Å². The Morgan fingerprint density at radius 2 is 1.95 bits per heavy atom. The Kier molecular flexibility index (Phi) is 3.16. The lowest BCUT2D eigenvalue weighted by Crippen LogP contribution is -1.91. The lowest BCUT2D eigenvalue weighted by molar-refractivity contribution is 0.424. The molecule has 0 aliphatic heterocycles. The summed E-state index contributed by atoms with van der Waals surface area (Å²) in [5.41, 5.74) is 9.36. The van der Waals surface area contributed by atoms with Gasteiger partial charge in [0.2, 0.25) is 0 Å². The van der Waals surface area contributed by atoms with E-state index in [1.54, 1.807) is 18.5 Å². The Labute approximate surface area is 116 Å². The molecule has 0 unspecified atom stereocenters. The van der Waals surface area contributed by atoms with E-state index in [4.69, 9.17) is 10.3 Å². The number of rotatable bonds is 3. The third-order valence-electron chi connectivity index (χ3n) is 2.96. The fourth-order valence-electron chi connectivity index (χ4n) is 1.91. The summed E-state index contributed by atoms with van der Waals surface area (Å²) < 4.78 is 5.24. The summed E-state index contributed by atoms with van der Waals surface area (Å²) in [6.07, 6.45) is 3.87. The molecule has 0 fully saturated rings. The smallest absolute Gasteiger partial charge is 0.259 e. The second-order valence-corrected chi connectivity index (χ2v) is 4.69. The second kappa shape index (κ2) is 5.13. The van der Waals surface area contributed by atoms with Crippen molar-refractivity contribution in [2.45, 2.75) is 13.3 Å². The van der Waals surface area contributed by atoms with E-state index in [-0.39, 0.29) is 0 Å². The Morgan fingerprint density at radius 1 is 1.15 bits per heavy atom. The van der Waals surface area contributed by atoms with E-state index in [0.29, 0.717) is 23.8 Å². The van der Waals surface area contributed by atoms with Crippen LogP contribution in [0.2, 0.25) is 0 Å². The number of pyridine rings is 1. The van der Waals surface area contributed by atoms with Crippen molar-refractivity contribution >= 4 is 5.69 Å². The number of nitrogens with zero attached hydrogens (tertiary/aromatic N) is 3. The van der Waals surface area contributed by atoms with Gasteiger partial charge in [-0.1, -0.05) is 35.0 Å². The molecule has 0 bridgehead atoms. The van der Waals surface area contributed by atoms with Crippen LogP contribution < -0.4 is 5.73 Å². The van der Waals surface area contributed by atoms with Crippen molar-refractivity contribution in [3.63, 3.8) is 0 Å². The van der Waals surface area contributed by atoms with Crippen LogP contribution in [0, 0.1) is 6.92 Å². The highest BCUT2D eigenvalue weighted by Crippen LogP contribution is 2.19.